The number of benzene rings is 1. The normalized spacial score (nSPS) is 14.5. The van der Waals surface area contributed by atoms with Gasteiger partial charge >= 0.3 is 0 Å². The molecular weight excluding hydrogens is 417 g/mol. The molecule has 0 atom stereocenters. The highest BCUT2D eigenvalue weighted by Crippen LogP contribution is 2.24. The summed E-state index contributed by atoms with van der Waals surface area (Å²) in [4.78, 5) is 14.5. The van der Waals surface area contributed by atoms with E-state index in [0.717, 1.165) is 35.4 Å². The molecule has 24 heavy (non-hydrogen) atoms. The number of furan rings is 1. The van der Waals surface area contributed by atoms with E-state index in [-0.39, 0.29) is 5.57 Å². The van der Waals surface area contributed by atoms with Gasteiger partial charge in [0.25, 0.3) is 5.91 Å². The molecule has 122 valence electrons. The van der Waals surface area contributed by atoms with Crippen molar-refractivity contribution in [2.75, 3.05) is 23.3 Å². The second-order valence-corrected chi connectivity index (χ2v) is 6.64. The lowest BCUT2D eigenvalue weighted by Crippen LogP contribution is -2.16. The first-order chi connectivity index (χ1) is 11.7. The van der Waals surface area contributed by atoms with E-state index >= 15 is 0 Å². The van der Waals surface area contributed by atoms with E-state index in [0.29, 0.717) is 11.4 Å². The van der Waals surface area contributed by atoms with Gasteiger partial charge in [0.1, 0.15) is 17.4 Å². The number of hydrogen-bond donors (Lipinski definition) is 1. The number of rotatable bonds is 4. The highest BCUT2D eigenvalue weighted by atomic mass is 127. The van der Waals surface area contributed by atoms with Crippen LogP contribution in [0.25, 0.3) is 6.08 Å². The van der Waals surface area contributed by atoms with E-state index in [1.165, 1.54) is 6.08 Å². The molecule has 1 saturated heterocycles. The molecule has 0 saturated carbocycles. The van der Waals surface area contributed by atoms with E-state index < -0.39 is 5.91 Å². The van der Waals surface area contributed by atoms with Crippen LogP contribution in [0.4, 0.5) is 11.6 Å². The van der Waals surface area contributed by atoms with Gasteiger partial charge in [-0.05, 0) is 53.6 Å². The predicted molar refractivity (Wildman–Crippen MR) is 102 cm³/mol. The molecule has 5 nitrogen and oxygen atoms in total. The Labute approximate surface area is 154 Å². The van der Waals surface area contributed by atoms with Crippen LogP contribution in [0.3, 0.4) is 0 Å². The molecule has 1 aliphatic rings. The van der Waals surface area contributed by atoms with Gasteiger partial charge in [-0.15, -0.1) is 0 Å². The van der Waals surface area contributed by atoms with Crippen molar-refractivity contribution in [2.45, 2.75) is 12.8 Å². The third-order valence-electron chi connectivity index (χ3n) is 3.80. The topological polar surface area (TPSA) is 69.3 Å². The number of halogens is 1. The maximum absolute atomic E-state index is 12.3. The summed E-state index contributed by atoms with van der Waals surface area (Å²) in [5.41, 5.74) is 0.693. The molecule has 1 aromatic heterocycles. The Kier molecular flexibility index (Phi) is 5.20. The SMILES string of the molecule is N#C/C(=C\c1ccc(N2CCCC2)o1)C(=O)Nc1ccccc1I. The molecule has 0 spiro atoms. The summed E-state index contributed by atoms with van der Waals surface area (Å²) in [6.07, 6.45) is 3.80. The highest BCUT2D eigenvalue weighted by molar-refractivity contribution is 14.1. The fourth-order valence-electron chi connectivity index (χ4n) is 2.57. The lowest BCUT2D eigenvalue weighted by atomic mass is 10.2. The summed E-state index contributed by atoms with van der Waals surface area (Å²) in [7, 11) is 0. The zero-order valence-electron chi connectivity index (χ0n) is 13.0. The molecule has 2 aromatic rings. The average Bonchev–Trinajstić information content (AvgIpc) is 3.25. The molecule has 1 fully saturated rings. The first-order valence-electron chi connectivity index (χ1n) is 7.70. The number of nitrogens with zero attached hydrogens (tertiary/aromatic N) is 2. The Bertz CT molecular complexity index is 814. The van der Waals surface area contributed by atoms with E-state index in [2.05, 4.69) is 32.8 Å². The van der Waals surface area contributed by atoms with Gasteiger partial charge in [-0.25, -0.2) is 0 Å². The maximum Gasteiger partial charge on any atom is 0.266 e. The molecule has 2 heterocycles. The van der Waals surface area contributed by atoms with Gasteiger partial charge in [0.15, 0.2) is 5.88 Å². The van der Waals surface area contributed by atoms with Gasteiger partial charge in [0, 0.05) is 28.8 Å². The number of carbonyl (C=O) groups excluding carboxylic acids is 1. The predicted octanol–water partition coefficient (Wildman–Crippen LogP) is 4.03. The standard InChI is InChI=1S/C18H16IN3O2/c19-15-5-1-2-6-16(15)21-18(23)13(12-20)11-14-7-8-17(24-14)22-9-3-4-10-22/h1-2,5-8,11H,3-4,9-10H2,(H,21,23)/b13-11+. The van der Waals surface area contributed by atoms with E-state index in [4.69, 9.17) is 4.42 Å². The molecule has 1 N–H and O–H groups in total. The first kappa shape index (κ1) is 16.6. The zero-order valence-corrected chi connectivity index (χ0v) is 15.1. The molecule has 1 amide bonds. The van der Waals surface area contributed by atoms with Crippen molar-refractivity contribution in [3.63, 3.8) is 0 Å². The van der Waals surface area contributed by atoms with Gasteiger partial charge < -0.3 is 14.6 Å². The summed E-state index contributed by atoms with van der Waals surface area (Å²) in [6, 6.07) is 13.0. The van der Waals surface area contributed by atoms with Gasteiger partial charge in [-0.2, -0.15) is 5.26 Å². The number of nitriles is 1. The fraction of sp³-hybridized carbons (Fsp3) is 0.222. The fourth-order valence-corrected chi connectivity index (χ4v) is 3.09. The van der Waals surface area contributed by atoms with Crippen LogP contribution in [0.5, 0.6) is 0 Å². The number of anilines is 2. The quantitative estimate of drug-likeness (QED) is 0.449. The molecule has 0 bridgehead atoms. The van der Waals surface area contributed by atoms with Crippen molar-refractivity contribution in [1.29, 1.82) is 5.26 Å². The Morgan fingerprint density at radius 2 is 2.00 bits per heavy atom. The van der Waals surface area contributed by atoms with Crippen LogP contribution in [0.15, 0.2) is 46.4 Å². The molecule has 1 aromatic carbocycles. The molecular formula is C18H16IN3O2. The summed E-state index contributed by atoms with van der Waals surface area (Å²) < 4.78 is 6.65. The van der Waals surface area contributed by atoms with E-state index in [1.54, 1.807) is 12.1 Å². The summed E-state index contributed by atoms with van der Waals surface area (Å²) in [5, 5.41) is 12.0. The Morgan fingerprint density at radius 1 is 1.25 bits per heavy atom. The molecule has 3 rings (SSSR count). The minimum Gasteiger partial charge on any atom is -0.441 e. The molecule has 0 unspecified atom stereocenters. The van der Waals surface area contributed by atoms with Crippen LogP contribution in [0, 0.1) is 14.9 Å². The number of hydrogen-bond acceptors (Lipinski definition) is 4. The van der Waals surface area contributed by atoms with Crippen LogP contribution in [0.1, 0.15) is 18.6 Å². The second kappa shape index (κ2) is 7.53. The largest absolute Gasteiger partial charge is 0.441 e. The lowest BCUT2D eigenvalue weighted by Gasteiger charge is -2.12. The van der Waals surface area contributed by atoms with Crippen molar-refractivity contribution in [3.8, 4) is 6.07 Å². The average molecular weight is 433 g/mol. The van der Waals surface area contributed by atoms with Crippen molar-refractivity contribution in [3.05, 3.63) is 51.3 Å². The number of nitrogens with one attached hydrogen (secondary N) is 1. The summed E-state index contributed by atoms with van der Waals surface area (Å²) in [6.45, 7) is 1.96. The minimum absolute atomic E-state index is 0.0111. The van der Waals surface area contributed by atoms with Crippen molar-refractivity contribution >= 4 is 46.1 Å². The van der Waals surface area contributed by atoms with Crippen molar-refractivity contribution in [2.24, 2.45) is 0 Å². The third-order valence-corrected chi connectivity index (χ3v) is 4.74. The van der Waals surface area contributed by atoms with Crippen molar-refractivity contribution in [1.82, 2.24) is 0 Å². The van der Waals surface area contributed by atoms with Gasteiger partial charge in [0.2, 0.25) is 0 Å². The maximum atomic E-state index is 12.3. The van der Waals surface area contributed by atoms with Crippen LogP contribution in [0.2, 0.25) is 0 Å². The lowest BCUT2D eigenvalue weighted by molar-refractivity contribution is -0.112. The molecule has 6 heteroatoms. The monoisotopic (exact) mass is 433 g/mol. The highest BCUT2D eigenvalue weighted by Gasteiger charge is 2.16. The second-order valence-electron chi connectivity index (χ2n) is 5.47. The van der Waals surface area contributed by atoms with Gasteiger partial charge in [-0.1, -0.05) is 12.1 Å². The molecule has 0 aliphatic carbocycles. The number of para-hydroxylation sites is 1. The third kappa shape index (κ3) is 3.79. The Hall–Kier alpha value is -2.27. The zero-order chi connectivity index (χ0) is 16.9. The van der Waals surface area contributed by atoms with Gasteiger partial charge in [-0.3, -0.25) is 4.79 Å². The summed E-state index contributed by atoms with van der Waals surface area (Å²) in [5.74, 6) is 0.848. The Morgan fingerprint density at radius 3 is 2.71 bits per heavy atom. The molecule has 0 radical (unpaired) electrons. The van der Waals surface area contributed by atoms with Gasteiger partial charge in [0.05, 0.1) is 5.69 Å². The number of carbonyl (C=O) groups is 1. The smallest absolute Gasteiger partial charge is 0.266 e. The van der Waals surface area contributed by atoms with Crippen LogP contribution in [-0.2, 0) is 4.79 Å². The van der Waals surface area contributed by atoms with Crippen molar-refractivity contribution < 1.29 is 9.21 Å². The van der Waals surface area contributed by atoms with Crippen LogP contribution in [-0.4, -0.2) is 19.0 Å². The Balaban J connectivity index is 1.75. The van der Waals surface area contributed by atoms with Crippen LogP contribution >= 0.6 is 22.6 Å². The molecule has 1 aliphatic heterocycles. The number of amides is 1. The summed E-state index contributed by atoms with van der Waals surface area (Å²) >= 11 is 2.14. The first-order valence-corrected chi connectivity index (χ1v) is 8.78. The van der Waals surface area contributed by atoms with E-state index in [1.807, 2.05) is 30.3 Å². The minimum atomic E-state index is -0.444. The van der Waals surface area contributed by atoms with E-state index in [9.17, 15) is 10.1 Å². The van der Waals surface area contributed by atoms with Crippen LogP contribution < -0.4 is 10.2 Å².